The van der Waals surface area contributed by atoms with Crippen molar-refractivity contribution in [2.75, 3.05) is 31.3 Å². The number of carbonyl (C=O) groups excluding carboxylic acids is 1. The van der Waals surface area contributed by atoms with Crippen LogP contribution in [0.3, 0.4) is 0 Å². The average Bonchev–Trinajstić information content (AvgIpc) is 2.91. The summed E-state index contributed by atoms with van der Waals surface area (Å²) in [6.45, 7) is 0.129. The molecule has 1 heterocycles. The maximum Gasteiger partial charge on any atom is 0.266 e. The number of anilines is 1. The zero-order valence-electron chi connectivity index (χ0n) is 13.0. The van der Waals surface area contributed by atoms with Crippen molar-refractivity contribution in [1.29, 1.82) is 0 Å². The SMILES string of the molecule is COc1ccc(S(=O)(=O)N2CCCC2=O)cc1N(C)S(C)(=O)=O. The highest BCUT2D eigenvalue weighted by Gasteiger charge is 2.33. The minimum atomic E-state index is -4.01. The van der Waals surface area contributed by atoms with Gasteiger partial charge in [-0.15, -0.1) is 0 Å². The van der Waals surface area contributed by atoms with Gasteiger partial charge in [-0.25, -0.2) is 21.1 Å². The molecule has 0 radical (unpaired) electrons. The van der Waals surface area contributed by atoms with Crippen LogP contribution in [0, 0.1) is 0 Å². The fraction of sp³-hybridized carbons (Fsp3) is 0.462. The average molecular weight is 362 g/mol. The molecule has 2 rings (SSSR count). The van der Waals surface area contributed by atoms with E-state index in [4.69, 9.17) is 4.74 Å². The molecule has 10 heteroatoms. The van der Waals surface area contributed by atoms with Crippen molar-refractivity contribution in [2.45, 2.75) is 17.7 Å². The Morgan fingerprint density at radius 1 is 1.22 bits per heavy atom. The Balaban J connectivity index is 2.56. The van der Waals surface area contributed by atoms with E-state index >= 15 is 0 Å². The Morgan fingerprint density at radius 2 is 1.87 bits per heavy atom. The van der Waals surface area contributed by atoms with Gasteiger partial charge in [-0.2, -0.15) is 0 Å². The van der Waals surface area contributed by atoms with Crippen LogP contribution in [0.15, 0.2) is 23.1 Å². The van der Waals surface area contributed by atoms with Gasteiger partial charge in [0.2, 0.25) is 15.9 Å². The number of sulfonamides is 2. The number of methoxy groups -OCH3 is 1. The van der Waals surface area contributed by atoms with E-state index in [0.29, 0.717) is 6.42 Å². The number of ether oxygens (including phenoxy) is 1. The third-order valence-corrected chi connectivity index (χ3v) is 6.61. The molecule has 0 N–H and O–H groups in total. The molecule has 0 saturated carbocycles. The molecule has 1 aromatic rings. The predicted octanol–water partition coefficient (Wildman–Crippen LogP) is 0.402. The summed E-state index contributed by atoms with van der Waals surface area (Å²) in [6, 6.07) is 3.85. The Kier molecular flexibility index (Phi) is 4.58. The van der Waals surface area contributed by atoms with Gasteiger partial charge in [-0.3, -0.25) is 9.10 Å². The molecule has 0 aliphatic carbocycles. The van der Waals surface area contributed by atoms with Gasteiger partial charge in [-0.05, 0) is 24.6 Å². The minimum Gasteiger partial charge on any atom is -0.495 e. The van der Waals surface area contributed by atoms with E-state index in [-0.39, 0.29) is 29.3 Å². The van der Waals surface area contributed by atoms with Crippen LogP contribution < -0.4 is 9.04 Å². The number of benzene rings is 1. The van der Waals surface area contributed by atoms with E-state index in [0.717, 1.165) is 14.9 Å². The second-order valence-electron chi connectivity index (χ2n) is 5.14. The molecule has 0 bridgehead atoms. The second-order valence-corrected chi connectivity index (χ2v) is 9.01. The molecule has 1 saturated heterocycles. The van der Waals surface area contributed by atoms with Crippen molar-refractivity contribution in [3.63, 3.8) is 0 Å². The van der Waals surface area contributed by atoms with Gasteiger partial charge in [0.15, 0.2) is 0 Å². The van der Waals surface area contributed by atoms with Gasteiger partial charge in [0.05, 0.1) is 23.9 Å². The third-order valence-electron chi connectivity index (χ3n) is 3.61. The molecule has 23 heavy (non-hydrogen) atoms. The normalized spacial score (nSPS) is 15.8. The molecule has 1 aliphatic heterocycles. The summed E-state index contributed by atoms with van der Waals surface area (Å²) in [5.41, 5.74) is 0.0859. The van der Waals surface area contributed by atoms with Crippen LogP contribution in [0.1, 0.15) is 12.8 Å². The Labute approximate surface area is 135 Å². The zero-order valence-corrected chi connectivity index (χ0v) is 14.6. The molecule has 128 valence electrons. The third kappa shape index (κ3) is 3.27. The maximum atomic E-state index is 12.6. The smallest absolute Gasteiger partial charge is 0.266 e. The molecule has 0 atom stereocenters. The van der Waals surface area contributed by atoms with E-state index in [1.54, 1.807) is 0 Å². The molecule has 0 spiro atoms. The highest BCUT2D eigenvalue weighted by atomic mass is 32.2. The van der Waals surface area contributed by atoms with Crippen molar-refractivity contribution in [3.05, 3.63) is 18.2 Å². The number of rotatable bonds is 5. The Bertz CT molecular complexity index is 832. The highest BCUT2D eigenvalue weighted by Crippen LogP contribution is 2.33. The van der Waals surface area contributed by atoms with Gasteiger partial charge in [0.1, 0.15) is 5.75 Å². The molecule has 1 amide bonds. The number of carbonyl (C=O) groups is 1. The number of nitrogens with zero attached hydrogens (tertiary/aromatic N) is 2. The van der Waals surface area contributed by atoms with Crippen LogP contribution in [-0.2, 0) is 24.8 Å². The number of hydrogen-bond acceptors (Lipinski definition) is 6. The first kappa shape index (κ1) is 17.5. The molecule has 8 nitrogen and oxygen atoms in total. The summed E-state index contributed by atoms with van der Waals surface area (Å²) >= 11 is 0. The topological polar surface area (TPSA) is 101 Å². The number of hydrogen-bond donors (Lipinski definition) is 0. The molecular formula is C13H18N2O6S2. The fourth-order valence-corrected chi connectivity index (χ4v) is 4.24. The standard InChI is InChI=1S/C13H18N2O6S2/c1-14(22(3,17)18)11-9-10(6-7-12(11)21-2)23(19,20)15-8-4-5-13(15)16/h6-7,9H,4-5,8H2,1-3H3. The molecule has 1 fully saturated rings. The van der Waals surface area contributed by atoms with Crippen molar-refractivity contribution < 1.29 is 26.4 Å². The van der Waals surface area contributed by atoms with E-state index < -0.39 is 26.0 Å². The monoisotopic (exact) mass is 362 g/mol. The summed E-state index contributed by atoms with van der Waals surface area (Å²) < 4.78 is 55.4. The van der Waals surface area contributed by atoms with Crippen molar-refractivity contribution in [1.82, 2.24) is 4.31 Å². The lowest BCUT2D eigenvalue weighted by Crippen LogP contribution is -2.32. The van der Waals surface area contributed by atoms with E-state index in [1.165, 1.54) is 32.4 Å². The summed E-state index contributed by atoms with van der Waals surface area (Å²) in [4.78, 5) is 11.6. The van der Waals surface area contributed by atoms with Crippen LogP contribution in [0.4, 0.5) is 5.69 Å². The highest BCUT2D eigenvalue weighted by molar-refractivity contribution is 7.92. The lowest BCUT2D eigenvalue weighted by atomic mass is 10.3. The van der Waals surface area contributed by atoms with Crippen LogP contribution in [-0.4, -0.2) is 54.0 Å². The van der Waals surface area contributed by atoms with Crippen LogP contribution in [0.25, 0.3) is 0 Å². The van der Waals surface area contributed by atoms with Crippen LogP contribution in [0.5, 0.6) is 5.75 Å². The van der Waals surface area contributed by atoms with Crippen molar-refractivity contribution >= 4 is 31.6 Å². The molecule has 1 aromatic carbocycles. The van der Waals surface area contributed by atoms with Gasteiger partial charge < -0.3 is 4.74 Å². The largest absolute Gasteiger partial charge is 0.495 e. The van der Waals surface area contributed by atoms with Gasteiger partial charge in [0.25, 0.3) is 10.0 Å². The lowest BCUT2D eigenvalue weighted by Gasteiger charge is -2.22. The van der Waals surface area contributed by atoms with E-state index in [9.17, 15) is 21.6 Å². The lowest BCUT2D eigenvalue weighted by molar-refractivity contribution is -0.123. The Hall–Kier alpha value is -1.81. The summed E-state index contributed by atoms with van der Waals surface area (Å²) in [5.74, 6) is -0.247. The first-order chi connectivity index (χ1) is 10.6. The Morgan fingerprint density at radius 3 is 2.35 bits per heavy atom. The van der Waals surface area contributed by atoms with Crippen LogP contribution in [0.2, 0.25) is 0 Å². The minimum absolute atomic E-state index is 0.0859. The molecular weight excluding hydrogens is 344 g/mol. The second kappa shape index (κ2) is 6.00. The maximum absolute atomic E-state index is 12.6. The zero-order chi connectivity index (χ0) is 17.4. The molecule has 0 unspecified atom stereocenters. The first-order valence-corrected chi connectivity index (χ1v) is 10.1. The van der Waals surface area contributed by atoms with Crippen LogP contribution >= 0.6 is 0 Å². The first-order valence-electron chi connectivity index (χ1n) is 6.76. The summed E-state index contributed by atoms with van der Waals surface area (Å²) in [7, 11) is -4.96. The van der Waals surface area contributed by atoms with E-state index in [1.807, 2.05) is 0 Å². The number of amides is 1. The summed E-state index contributed by atoms with van der Waals surface area (Å²) in [6.07, 6.45) is 1.66. The fourth-order valence-electron chi connectivity index (χ4n) is 2.26. The predicted molar refractivity (Wildman–Crippen MR) is 84.4 cm³/mol. The molecule has 0 aromatic heterocycles. The van der Waals surface area contributed by atoms with Gasteiger partial charge in [0, 0.05) is 20.0 Å². The van der Waals surface area contributed by atoms with Crippen molar-refractivity contribution in [2.24, 2.45) is 0 Å². The van der Waals surface area contributed by atoms with Gasteiger partial charge >= 0.3 is 0 Å². The quantitative estimate of drug-likeness (QED) is 0.752. The van der Waals surface area contributed by atoms with Crippen molar-refractivity contribution in [3.8, 4) is 5.75 Å². The summed E-state index contributed by atoms with van der Waals surface area (Å²) in [5, 5.41) is 0. The van der Waals surface area contributed by atoms with Gasteiger partial charge in [-0.1, -0.05) is 0 Å². The molecule has 1 aliphatic rings. The van der Waals surface area contributed by atoms with E-state index in [2.05, 4.69) is 0 Å².